The number of hydrogen-bond donors (Lipinski definition) is 0. The first-order valence-electron chi connectivity index (χ1n) is 8.12. The summed E-state index contributed by atoms with van der Waals surface area (Å²) in [5, 5.41) is 9.51. The molecule has 0 saturated heterocycles. The summed E-state index contributed by atoms with van der Waals surface area (Å²) >= 11 is 0. The maximum Gasteiger partial charge on any atom is 0.231 e. The van der Waals surface area contributed by atoms with E-state index in [1.165, 1.54) is 5.69 Å². The first-order chi connectivity index (χ1) is 11.7. The fourth-order valence-corrected chi connectivity index (χ4v) is 2.78. The molecule has 0 atom stereocenters. The van der Waals surface area contributed by atoms with Gasteiger partial charge in [-0.3, -0.25) is 0 Å². The van der Waals surface area contributed by atoms with Crippen LogP contribution >= 0.6 is 0 Å². The summed E-state index contributed by atoms with van der Waals surface area (Å²) in [5.41, 5.74) is 3.62. The Hall–Kier alpha value is -2.93. The zero-order valence-electron chi connectivity index (χ0n) is 14.0. The van der Waals surface area contributed by atoms with Gasteiger partial charge in [0, 0.05) is 18.8 Å². The van der Waals surface area contributed by atoms with Crippen LogP contribution in [0.2, 0.25) is 0 Å². The van der Waals surface area contributed by atoms with Gasteiger partial charge in [-0.05, 0) is 61.4 Å². The van der Waals surface area contributed by atoms with Crippen LogP contribution in [0.4, 0.5) is 5.69 Å². The first kappa shape index (κ1) is 15.9. The predicted molar refractivity (Wildman–Crippen MR) is 96.1 cm³/mol. The quantitative estimate of drug-likeness (QED) is 0.608. The number of rotatable bonds is 5. The minimum atomic E-state index is 0.233. The predicted octanol–water partition coefficient (Wildman–Crippen LogP) is 4.33. The van der Waals surface area contributed by atoms with E-state index in [9.17, 15) is 5.26 Å². The van der Waals surface area contributed by atoms with E-state index >= 15 is 0 Å². The van der Waals surface area contributed by atoms with Gasteiger partial charge in [0.15, 0.2) is 11.5 Å². The molecule has 24 heavy (non-hydrogen) atoms. The van der Waals surface area contributed by atoms with E-state index in [2.05, 4.69) is 36.9 Å². The monoisotopic (exact) mass is 320 g/mol. The Morgan fingerprint density at radius 3 is 2.46 bits per heavy atom. The molecule has 0 radical (unpaired) electrons. The van der Waals surface area contributed by atoms with Crippen molar-refractivity contribution >= 4 is 17.3 Å². The van der Waals surface area contributed by atoms with Crippen molar-refractivity contribution in [1.82, 2.24) is 0 Å². The van der Waals surface area contributed by atoms with Crippen molar-refractivity contribution in [3.8, 4) is 17.6 Å². The molecule has 0 bridgehead atoms. The molecule has 0 fully saturated rings. The third kappa shape index (κ3) is 3.21. The van der Waals surface area contributed by atoms with Crippen LogP contribution in [-0.4, -0.2) is 19.9 Å². The van der Waals surface area contributed by atoms with Gasteiger partial charge in [0.05, 0.1) is 11.6 Å². The van der Waals surface area contributed by atoms with Gasteiger partial charge in [0.25, 0.3) is 0 Å². The number of benzene rings is 2. The minimum absolute atomic E-state index is 0.233. The Kier molecular flexibility index (Phi) is 4.72. The van der Waals surface area contributed by atoms with Crippen LogP contribution in [0.15, 0.2) is 42.5 Å². The number of allylic oxidation sites excluding steroid dienone is 1. The Morgan fingerprint density at radius 1 is 1.08 bits per heavy atom. The van der Waals surface area contributed by atoms with E-state index < -0.39 is 0 Å². The normalized spacial score (nSPS) is 12.8. The summed E-state index contributed by atoms with van der Waals surface area (Å²) in [5.74, 6) is 1.41. The van der Waals surface area contributed by atoms with Gasteiger partial charge in [-0.15, -0.1) is 0 Å². The summed E-state index contributed by atoms with van der Waals surface area (Å²) < 4.78 is 10.7. The van der Waals surface area contributed by atoms with Gasteiger partial charge in [-0.1, -0.05) is 12.1 Å². The lowest BCUT2D eigenvalue weighted by Gasteiger charge is -2.20. The summed E-state index contributed by atoms with van der Waals surface area (Å²) in [6, 6.07) is 16.1. The molecule has 0 aliphatic carbocycles. The molecule has 0 spiro atoms. The van der Waals surface area contributed by atoms with Gasteiger partial charge in [-0.25, -0.2) is 0 Å². The van der Waals surface area contributed by atoms with E-state index in [0.29, 0.717) is 11.3 Å². The topological polar surface area (TPSA) is 45.5 Å². The highest BCUT2D eigenvalue weighted by molar-refractivity contribution is 5.90. The zero-order chi connectivity index (χ0) is 16.9. The Labute approximate surface area is 142 Å². The number of ether oxygens (including phenoxy) is 2. The van der Waals surface area contributed by atoms with Crippen molar-refractivity contribution in [2.75, 3.05) is 24.8 Å². The molecule has 122 valence electrons. The number of fused-ring (bicyclic) bond motifs is 1. The lowest BCUT2D eigenvalue weighted by Crippen LogP contribution is -2.21. The summed E-state index contributed by atoms with van der Waals surface area (Å²) in [6.07, 6.45) is 1.89. The second kappa shape index (κ2) is 7.10. The van der Waals surface area contributed by atoms with Gasteiger partial charge in [-0.2, -0.15) is 5.26 Å². The minimum Gasteiger partial charge on any atom is -0.454 e. The smallest absolute Gasteiger partial charge is 0.231 e. The molecule has 0 unspecified atom stereocenters. The fraction of sp³-hybridized carbons (Fsp3) is 0.250. The van der Waals surface area contributed by atoms with E-state index in [4.69, 9.17) is 9.47 Å². The van der Waals surface area contributed by atoms with Crippen LogP contribution in [0, 0.1) is 11.3 Å². The molecule has 0 aromatic heterocycles. The molecular weight excluding hydrogens is 300 g/mol. The molecule has 0 saturated carbocycles. The lowest BCUT2D eigenvalue weighted by atomic mass is 10.0. The second-order valence-electron chi connectivity index (χ2n) is 5.50. The van der Waals surface area contributed by atoms with E-state index in [0.717, 1.165) is 30.0 Å². The van der Waals surface area contributed by atoms with E-state index in [-0.39, 0.29) is 6.79 Å². The average molecular weight is 320 g/mol. The van der Waals surface area contributed by atoms with Crippen LogP contribution in [0.5, 0.6) is 11.5 Å². The summed E-state index contributed by atoms with van der Waals surface area (Å²) in [4.78, 5) is 2.29. The molecule has 1 aliphatic rings. The van der Waals surface area contributed by atoms with Crippen molar-refractivity contribution in [3.63, 3.8) is 0 Å². The van der Waals surface area contributed by atoms with Crippen molar-refractivity contribution in [2.24, 2.45) is 0 Å². The standard InChI is InChI=1S/C20H20N2O2/c1-3-22(4-2)18-8-5-15(6-9-18)11-17(13-21)16-7-10-19-20(12-16)24-14-23-19/h5-12H,3-4,14H2,1-2H3/b17-11+. The molecule has 1 aliphatic heterocycles. The highest BCUT2D eigenvalue weighted by Crippen LogP contribution is 2.34. The van der Waals surface area contributed by atoms with Gasteiger partial charge in [0.1, 0.15) is 0 Å². The van der Waals surface area contributed by atoms with E-state index in [1.807, 2.05) is 36.4 Å². The third-order valence-corrected chi connectivity index (χ3v) is 4.14. The highest BCUT2D eigenvalue weighted by Gasteiger charge is 2.14. The number of anilines is 1. The summed E-state index contributed by atoms with van der Waals surface area (Å²) in [6.45, 7) is 6.48. The maximum absolute atomic E-state index is 9.51. The number of hydrogen-bond acceptors (Lipinski definition) is 4. The van der Waals surface area contributed by atoms with Gasteiger partial charge >= 0.3 is 0 Å². The second-order valence-corrected chi connectivity index (χ2v) is 5.50. The van der Waals surface area contributed by atoms with Crippen molar-refractivity contribution in [3.05, 3.63) is 53.6 Å². The van der Waals surface area contributed by atoms with Gasteiger partial charge < -0.3 is 14.4 Å². The number of nitrogens with zero attached hydrogens (tertiary/aromatic N) is 2. The van der Waals surface area contributed by atoms with Crippen LogP contribution in [0.3, 0.4) is 0 Å². The SMILES string of the molecule is CCN(CC)c1ccc(/C=C(\C#N)c2ccc3c(c2)OCO3)cc1. The molecule has 4 nitrogen and oxygen atoms in total. The Balaban J connectivity index is 1.87. The molecule has 4 heteroatoms. The fourth-order valence-electron chi connectivity index (χ4n) is 2.78. The highest BCUT2D eigenvalue weighted by atomic mass is 16.7. The summed E-state index contributed by atoms with van der Waals surface area (Å²) in [7, 11) is 0. The Bertz CT molecular complexity index is 784. The zero-order valence-corrected chi connectivity index (χ0v) is 14.0. The number of nitriles is 1. The van der Waals surface area contributed by atoms with Crippen molar-refractivity contribution in [1.29, 1.82) is 5.26 Å². The molecule has 2 aromatic rings. The van der Waals surface area contributed by atoms with Crippen LogP contribution in [0.1, 0.15) is 25.0 Å². The van der Waals surface area contributed by atoms with Gasteiger partial charge in [0.2, 0.25) is 6.79 Å². The lowest BCUT2D eigenvalue weighted by molar-refractivity contribution is 0.174. The van der Waals surface area contributed by atoms with Crippen molar-refractivity contribution in [2.45, 2.75) is 13.8 Å². The van der Waals surface area contributed by atoms with Crippen LogP contribution < -0.4 is 14.4 Å². The third-order valence-electron chi connectivity index (χ3n) is 4.14. The first-order valence-corrected chi connectivity index (χ1v) is 8.12. The van der Waals surface area contributed by atoms with Crippen molar-refractivity contribution < 1.29 is 9.47 Å². The Morgan fingerprint density at radius 2 is 1.79 bits per heavy atom. The van der Waals surface area contributed by atoms with Crippen LogP contribution in [0.25, 0.3) is 11.6 Å². The molecule has 0 N–H and O–H groups in total. The largest absolute Gasteiger partial charge is 0.454 e. The molecule has 3 rings (SSSR count). The van der Waals surface area contributed by atoms with Crippen LogP contribution in [-0.2, 0) is 0 Å². The molecule has 2 aromatic carbocycles. The molecule has 0 amide bonds. The molecular formula is C20H20N2O2. The molecule has 1 heterocycles. The van der Waals surface area contributed by atoms with E-state index in [1.54, 1.807) is 0 Å². The average Bonchev–Trinajstić information content (AvgIpc) is 3.09. The maximum atomic E-state index is 9.51.